The molecular weight excluding hydrogens is 368 g/mol. The van der Waals surface area contributed by atoms with Crippen LogP contribution in [-0.2, 0) is 4.74 Å². The van der Waals surface area contributed by atoms with Crippen LogP contribution in [-0.4, -0.2) is 47.8 Å². The predicted octanol–water partition coefficient (Wildman–Crippen LogP) is 3.44. The quantitative estimate of drug-likeness (QED) is 0.499. The molecule has 0 aliphatic heterocycles. The van der Waals surface area contributed by atoms with Gasteiger partial charge in [-0.05, 0) is 50.5 Å². The summed E-state index contributed by atoms with van der Waals surface area (Å²) in [6.45, 7) is 4.02. The van der Waals surface area contributed by atoms with Gasteiger partial charge in [0, 0.05) is 24.3 Å². The molecule has 3 heterocycles. The van der Waals surface area contributed by atoms with E-state index in [1.165, 1.54) is 6.33 Å². The maximum atomic E-state index is 10.6. The van der Waals surface area contributed by atoms with Gasteiger partial charge in [-0.1, -0.05) is 12.1 Å². The Kier molecular flexibility index (Phi) is 5.12. The van der Waals surface area contributed by atoms with E-state index in [0.29, 0.717) is 12.2 Å². The molecule has 150 valence electrons. The average molecular weight is 392 g/mol. The Balaban J connectivity index is 1.60. The molecule has 3 aromatic heterocycles. The second-order valence-corrected chi connectivity index (χ2v) is 7.64. The van der Waals surface area contributed by atoms with Crippen LogP contribution in [0.4, 0.5) is 0 Å². The van der Waals surface area contributed by atoms with Crippen molar-refractivity contribution in [3.05, 3.63) is 54.6 Å². The number of benzene rings is 1. The number of fused-ring (bicyclic) bond motifs is 1. The molecule has 4 aromatic rings. The van der Waals surface area contributed by atoms with Crippen molar-refractivity contribution in [2.45, 2.75) is 38.4 Å². The Morgan fingerprint density at radius 3 is 2.83 bits per heavy atom. The number of aromatic amines is 1. The van der Waals surface area contributed by atoms with Crippen molar-refractivity contribution >= 4 is 11.0 Å². The third-order valence-corrected chi connectivity index (χ3v) is 5.17. The number of H-pyrrole nitrogens is 1. The zero-order valence-corrected chi connectivity index (χ0v) is 16.7. The first-order valence-corrected chi connectivity index (χ1v) is 9.50. The number of aliphatic hydroxyl groups excluding tert-OH is 1. The number of ether oxygens (including phenoxy) is 1. The maximum Gasteiger partial charge on any atom is 0.162 e. The lowest BCUT2D eigenvalue weighted by atomic mass is 9.97. The van der Waals surface area contributed by atoms with Gasteiger partial charge in [-0.2, -0.15) is 10.2 Å². The minimum absolute atomic E-state index is 0.266. The number of nitrogens with zero attached hydrogens (tertiary/aromatic N) is 5. The fraction of sp³-hybridized carbons (Fsp3) is 0.333. The van der Waals surface area contributed by atoms with E-state index in [9.17, 15) is 5.11 Å². The van der Waals surface area contributed by atoms with Gasteiger partial charge in [0.05, 0.1) is 23.6 Å². The summed E-state index contributed by atoms with van der Waals surface area (Å²) in [5.74, 6) is 0.695. The van der Waals surface area contributed by atoms with Gasteiger partial charge in [-0.15, -0.1) is 0 Å². The Morgan fingerprint density at radius 2 is 2.07 bits per heavy atom. The van der Waals surface area contributed by atoms with Crippen LogP contribution in [0.1, 0.15) is 38.4 Å². The zero-order chi connectivity index (χ0) is 20.4. The maximum absolute atomic E-state index is 10.6. The molecule has 0 bridgehead atoms. The van der Waals surface area contributed by atoms with E-state index >= 15 is 0 Å². The molecule has 1 atom stereocenters. The third kappa shape index (κ3) is 4.03. The summed E-state index contributed by atoms with van der Waals surface area (Å²) in [6, 6.07) is 9.78. The fourth-order valence-electron chi connectivity index (χ4n) is 3.19. The lowest BCUT2D eigenvalue weighted by molar-refractivity contribution is 0.00277. The summed E-state index contributed by atoms with van der Waals surface area (Å²) in [4.78, 5) is 8.76. The number of nitrogens with one attached hydrogen (secondary N) is 1. The van der Waals surface area contributed by atoms with Crippen LogP contribution < -0.4 is 0 Å². The van der Waals surface area contributed by atoms with Crippen LogP contribution in [0.2, 0.25) is 0 Å². The van der Waals surface area contributed by atoms with Crippen LogP contribution >= 0.6 is 0 Å². The number of hydrogen-bond acceptors (Lipinski definition) is 6. The van der Waals surface area contributed by atoms with Crippen molar-refractivity contribution in [1.29, 1.82) is 0 Å². The molecule has 0 aliphatic rings. The summed E-state index contributed by atoms with van der Waals surface area (Å²) >= 11 is 0. The largest absolute Gasteiger partial charge is 0.388 e. The molecule has 0 radical (unpaired) electrons. The van der Waals surface area contributed by atoms with Crippen molar-refractivity contribution in [3.8, 4) is 17.1 Å². The van der Waals surface area contributed by atoms with Crippen molar-refractivity contribution < 1.29 is 9.84 Å². The number of hydrogen-bond donors (Lipinski definition) is 2. The van der Waals surface area contributed by atoms with Crippen LogP contribution in [0, 0.1) is 0 Å². The Morgan fingerprint density at radius 1 is 1.21 bits per heavy atom. The van der Waals surface area contributed by atoms with E-state index in [-0.39, 0.29) is 5.60 Å². The number of aromatic nitrogens is 6. The highest BCUT2D eigenvalue weighted by molar-refractivity contribution is 5.77. The highest BCUT2D eigenvalue weighted by Gasteiger charge is 2.20. The minimum Gasteiger partial charge on any atom is -0.388 e. The smallest absolute Gasteiger partial charge is 0.162 e. The first-order chi connectivity index (χ1) is 14.0. The molecule has 8 heteroatoms. The van der Waals surface area contributed by atoms with E-state index in [4.69, 9.17) is 4.74 Å². The molecule has 2 N–H and O–H groups in total. The van der Waals surface area contributed by atoms with Gasteiger partial charge in [0.25, 0.3) is 0 Å². The van der Waals surface area contributed by atoms with E-state index in [1.807, 2.05) is 44.2 Å². The first-order valence-electron chi connectivity index (χ1n) is 9.50. The van der Waals surface area contributed by atoms with Crippen molar-refractivity contribution in [1.82, 2.24) is 29.9 Å². The molecule has 0 saturated heterocycles. The minimum atomic E-state index is -0.598. The molecule has 1 aromatic carbocycles. The van der Waals surface area contributed by atoms with E-state index in [1.54, 1.807) is 24.2 Å². The second-order valence-electron chi connectivity index (χ2n) is 7.64. The molecule has 8 nitrogen and oxygen atoms in total. The average Bonchev–Trinajstić information content (AvgIpc) is 3.42. The first kappa shape index (κ1) is 19.2. The standard InChI is InChI=1S/C21H24N6O2/c1-21(2,29-3)8-7-18(28)15-9-16-12-25-27(20(16)22-11-15)17-6-4-5-14(10-17)19-23-13-24-26-19/h4-6,9-13,18,28H,7-8H2,1-3H3,(H,23,24,26)/t18-/m0/s1. The monoisotopic (exact) mass is 392 g/mol. The summed E-state index contributed by atoms with van der Waals surface area (Å²) in [5, 5.41) is 22.7. The Bertz CT molecular complexity index is 1100. The Labute approximate surface area is 168 Å². The number of methoxy groups -OCH3 is 1. The lowest BCUT2D eigenvalue weighted by Crippen LogP contribution is -2.23. The normalized spacial score (nSPS) is 13.1. The van der Waals surface area contributed by atoms with E-state index in [2.05, 4.69) is 25.3 Å². The van der Waals surface area contributed by atoms with Crippen molar-refractivity contribution in [3.63, 3.8) is 0 Å². The Hall–Kier alpha value is -3.10. The lowest BCUT2D eigenvalue weighted by Gasteiger charge is -2.24. The summed E-state index contributed by atoms with van der Waals surface area (Å²) in [5.41, 5.74) is 3.03. The summed E-state index contributed by atoms with van der Waals surface area (Å²) < 4.78 is 7.21. The summed E-state index contributed by atoms with van der Waals surface area (Å²) in [7, 11) is 1.69. The molecule has 0 spiro atoms. The van der Waals surface area contributed by atoms with Gasteiger partial charge in [0.1, 0.15) is 6.33 Å². The SMILES string of the molecule is COC(C)(C)CC[C@H](O)c1cnc2c(cnn2-c2cccc(-c3ncn[nH]3)c2)c1. The highest BCUT2D eigenvalue weighted by atomic mass is 16.5. The topological polar surface area (TPSA) is 102 Å². The molecular formula is C21H24N6O2. The molecule has 4 rings (SSSR count). The van der Waals surface area contributed by atoms with Crippen LogP contribution in [0.15, 0.2) is 49.1 Å². The van der Waals surface area contributed by atoms with Crippen LogP contribution in [0.3, 0.4) is 0 Å². The van der Waals surface area contributed by atoms with Crippen LogP contribution in [0.25, 0.3) is 28.1 Å². The molecule has 0 amide bonds. The number of pyridine rings is 1. The molecule has 0 aliphatic carbocycles. The van der Waals surface area contributed by atoms with E-state index in [0.717, 1.165) is 34.3 Å². The third-order valence-electron chi connectivity index (χ3n) is 5.17. The highest BCUT2D eigenvalue weighted by Crippen LogP contribution is 2.27. The molecule has 0 unspecified atom stereocenters. The van der Waals surface area contributed by atoms with Gasteiger partial charge in [0.2, 0.25) is 0 Å². The van der Waals surface area contributed by atoms with Gasteiger partial charge >= 0.3 is 0 Å². The molecule has 0 saturated carbocycles. The summed E-state index contributed by atoms with van der Waals surface area (Å²) in [6.07, 6.45) is 5.70. The molecule has 0 fully saturated rings. The van der Waals surface area contributed by atoms with Gasteiger partial charge in [-0.3, -0.25) is 5.10 Å². The van der Waals surface area contributed by atoms with Crippen LogP contribution in [0.5, 0.6) is 0 Å². The van der Waals surface area contributed by atoms with E-state index < -0.39 is 6.10 Å². The second kappa shape index (κ2) is 7.73. The zero-order valence-electron chi connectivity index (χ0n) is 16.7. The van der Waals surface area contributed by atoms with Gasteiger partial charge in [-0.25, -0.2) is 14.6 Å². The van der Waals surface area contributed by atoms with Gasteiger partial charge in [0.15, 0.2) is 11.5 Å². The van der Waals surface area contributed by atoms with Crippen molar-refractivity contribution in [2.24, 2.45) is 0 Å². The molecule has 29 heavy (non-hydrogen) atoms. The van der Waals surface area contributed by atoms with Crippen molar-refractivity contribution in [2.75, 3.05) is 7.11 Å². The number of aliphatic hydroxyl groups is 1. The number of rotatable bonds is 7. The predicted molar refractivity (Wildman–Crippen MR) is 110 cm³/mol. The van der Waals surface area contributed by atoms with Gasteiger partial charge < -0.3 is 9.84 Å². The fourth-order valence-corrected chi connectivity index (χ4v) is 3.19.